The van der Waals surface area contributed by atoms with Crippen molar-refractivity contribution in [2.24, 2.45) is 11.7 Å². The average molecular weight is 420 g/mol. The van der Waals surface area contributed by atoms with E-state index in [1.54, 1.807) is 5.38 Å². The topological polar surface area (TPSA) is 68.0 Å². The minimum Gasteiger partial charge on any atom is -0.350 e. The zero-order valence-corrected chi connectivity index (χ0v) is 16.1. The number of nitrogens with two attached hydrogens (primary N) is 1. The predicted octanol–water partition coefficient (Wildman–Crippen LogP) is 4.38. The van der Waals surface area contributed by atoms with Crippen LogP contribution in [0.2, 0.25) is 0 Å². The van der Waals surface area contributed by atoms with Gasteiger partial charge in [-0.15, -0.1) is 23.7 Å². The number of halogens is 4. The van der Waals surface area contributed by atoms with E-state index in [4.69, 9.17) is 5.73 Å². The van der Waals surface area contributed by atoms with Gasteiger partial charge in [-0.25, -0.2) is 4.98 Å². The van der Waals surface area contributed by atoms with Crippen molar-refractivity contribution in [3.63, 3.8) is 0 Å². The Bertz CT molecular complexity index is 764. The fourth-order valence-electron chi connectivity index (χ4n) is 3.11. The largest absolute Gasteiger partial charge is 0.416 e. The molecule has 1 aliphatic carbocycles. The normalized spacial score (nSPS) is 20.0. The number of nitrogens with zero attached hydrogens (tertiary/aromatic N) is 1. The van der Waals surface area contributed by atoms with E-state index in [1.165, 1.54) is 23.5 Å². The van der Waals surface area contributed by atoms with E-state index in [-0.39, 0.29) is 30.3 Å². The summed E-state index contributed by atoms with van der Waals surface area (Å²) in [5.41, 5.74) is 6.55. The summed E-state index contributed by atoms with van der Waals surface area (Å²) in [4.78, 5) is 16.6. The van der Waals surface area contributed by atoms with E-state index in [0.717, 1.165) is 31.4 Å². The van der Waals surface area contributed by atoms with Gasteiger partial charge in [-0.3, -0.25) is 4.79 Å². The molecule has 27 heavy (non-hydrogen) atoms. The summed E-state index contributed by atoms with van der Waals surface area (Å²) in [5.74, 6) is -0.0593. The molecule has 0 bridgehead atoms. The summed E-state index contributed by atoms with van der Waals surface area (Å²) < 4.78 is 37.9. The Labute approximate surface area is 165 Å². The van der Waals surface area contributed by atoms with Gasteiger partial charge >= 0.3 is 6.18 Å². The van der Waals surface area contributed by atoms with Crippen molar-refractivity contribution in [2.75, 3.05) is 0 Å². The minimum atomic E-state index is -4.35. The smallest absolute Gasteiger partial charge is 0.350 e. The van der Waals surface area contributed by atoms with E-state index >= 15 is 0 Å². The van der Waals surface area contributed by atoms with Crippen molar-refractivity contribution < 1.29 is 18.0 Å². The lowest BCUT2D eigenvalue weighted by Crippen LogP contribution is -2.37. The SMILES string of the molecule is Cl.NC1CCCC(C(=O)NCc2csc(-c3ccc(C(F)(F)F)cc3)n2)C1. The molecule has 1 aromatic heterocycles. The standard InChI is InChI=1S/C18H20F3N3OS.ClH/c19-18(20,21)13-6-4-11(5-7-13)17-24-15(10-26-17)9-23-16(25)12-2-1-3-14(22)8-12;/h4-7,10,12,14H,1-3,8-9,22H2,(H,23,25);1H. The second-order valence-electron chi connectivity index (χ2n) is 6.56. The van der Waals surface area contributed by atoms with Crippen LogP contribution in [0.15, 0.2) is 29.6 Å². The van der Waals surface area contributed by atoms with Gasteiger partial charge in [0.2, 0.25) is 5.91 Å². The molecule has 1 aliphatic rings. The Morgan fingerprint density at radius 2 is 1.96 bits per heavy atom. The molecule has 3 N–H and O–H groups in total. The van der Waals surface area contributed by atoms with Crippen LogP contribution in [0.5, 0.6) is 0 Å². The molecule has 0 saturated heterocycles. The average Bonchev–Trinajstić information content (AvgIpc) is 3.08. The Hall–Kier alpha value is -1.64. The summed E-state index contributed by atoms with van der Waals surface area (Å²) >= 11 is 1.34. The van der Waals surface area contributed by atoms with Crippen LogP contribution < -0.4 is 11.1 Å². The van der Waals surface area contributed by atoms with E-state index in [1.807, 2.05) is 0 Å². The van der Waals surface area contributed by atoms with Crippen molar-refractivity contribution in [1.82, 2.24) is 10.3 Å². The number of carbonyl (C=O) groups excluding carboxylic acids is 1. The molecular formula is C18H21ClF3N3OS. The first kappa shape index (κ1) is 21.7. The molecule has 1 saturated carbocycles. The van der Waals surface area contributed by atoms with Crippen molar-refractivity contribution >= 4 is 29.7 Å². The molecule has 1 amide bonds. The van der Waals surface area contributed by atoms with Crippen LogP contribution in [0, 0.1) is 5.92 Å². The highest BCUT2D eigenvalue weighted by molar-refractivity contribution is 7.13. The number of nitrogens with one attached hydrogen (secondary N) is 1. The Morgan fingerprint density at radius 3 is 2.59 bits per heavy atom. The zero-order chi connectivity index (χ0) is 18.7. The maximum Gasteiger partial charge on any atom is 0.416 e. The van der Waals surface area contributed by atoms with Crippen molar-refractivity contribution in [3.05, 3.63) is 40.9 Å². The lowest BCUT2D eigenvalue weighted by molar-refractivity contribution is -0.137. The first-order valence-corrected chi connectivity index (χ1v) is 9.36. The predicted molar refractivity (Wildman–Crippen MR) is 102 cm³/mol. The third-order valence-corrected chi connectivity index (χ3v) is 5.48. The van der Waals surface area contributed by atoms with E-state index in [9.17, 15) is 18.0 Å². The number of hydrogen-bond donors (Lipinski definition) is 2. The first-order valence-electron chi connectivity index (χ1n) is 8.48. The van der Waals surface area contributed by atoms with Gasteiger partial charge in [-0.05, 0) is 31.4 Å². The summed E-state index contributed by atoms with van der Waals surface area (Å²) in [6.45, 7) is 0.307. The fraction of sp³-hybridized carbons (Fsp3) is 0.444. The van der Waals surface area contributed by atoms with Crippen LogP contribution in [-0.2, 0) is 17.5 Å². The highest BCUT2D eigenvalue weighted by Gasteiger charge is 2.30. The molecule has 0 radical (unpaired) electrons. The van der Waals surface area contributed by atoms with Gasteiger partial charge in [-0.2, -0.15) is 13.2 Å². The lowest BCUT2D eigenvalue weighted by atomic mass is 9.85. The van der Waals surface area contributed by atoms with Crippen LogP contribution in [0.4, 0.5) is 13.2 Å². The number of rotatable bonds is 4. The minimum absolute atomic E-state index is 0. The second-order valence-corrected chi connectivity index (χ2v) is 7.42. The van der Waals surface area contributed by atoms with Gasteiger partial charge in [0.05, 0.1) is 17.8 Å². The summed E-state index contributed by atoms with van der Waals surface area (Å²) in [7, 11) is 0. The molecule has 1 fully saturated rings. The van der Waals surface area contributed by atoms with Crippen LogP contribution >= 0.6 is 23.7 Å². The summed E-state index contributed by atoms with van der Waals surface area (Å²) in [6.07, 6.45) is -0.855. The number of aromatic nitrogens is 1. The van der Waals surface area contributed by atoms with Crippen molar-refractivity contribution in [2.45, 2.75) is 44.4 Å². The maximum atomic E-state index is 12.6. The molecule has 1 heterocycles. The van der Waals surface area contributed by atoms with Gasteiger partial charge < -0.3 is 11.1 Å². The third-order valence-electron chi connectivity index (χ3n) is 4.54. The maximum absolute atomic E-state index is 12.6. The molecule has 2 unspecified atom stereocenters. The number of carbonyl (C=O) groups is 1. The molecule has 4 nitrogen and oxygen atoms in total. The van der Waals surface area contributed by atoms with Crippen molar-refractivity contribution in [1.29, 1.82) is 0 Å². The number of amides is 1. The molecule has 2 aromatic rings. The molecule has 0 spiro atoms. The van der Waals surface area contributed by atoms with Gasteiger partial charge in [0.15, 0.2) is 0 Å². The fourth-order valence-corrected chi connectivity index (χ4v) is 3.94. The highest BCUT2D eigenvalue weighted by atomic mass is 35.5. The second kappa shape index (κ2) is 9.03. The Balaban J connectivity index is 0.00000261. The van der Waals surface area contributed by atoms with E-state index in [2.05, 4.69) is 10.3 Å². The first-order chi connectivity index (χ1) is 12.3. The summed E-state index contributed by atoms with van der Waals surface area (Å²) in [5, 5.41) is 5.32. The molecule has 3 rings (SSSR count). The van der Waals surface area contributed by atoms with Crippen LogP contribution in [0.1, 0.15) is 36.9 Å². The molecular weight excluding hydrogens is 399 g/mol. The van der Waals surface area contributed by atoms with Crippen LogP contribution in [0.3, 0.4) is 0 Å². The number of benzene rings is 1. The molecule has 0 aliphatic heterocycles. The lowest BCUT2D eigenvalue weighted by Gasteiger charge is -2.25. The summed E-state index contributed by atoms with van der Waals surface area (Å²) in [6, 6.07) is 5.00. The van der Waals surface area contributed by atoms with Crippen LogP contribution in [0.25, 0.3) is 10.6 Å². The third kappa shape index (κ3) is 5.67. The molecule has 2 atom stereocenters. The van der Waals surface area contributed by atoms with Crippen molar-refractivity contribution in [3.8, 4) is 10.6 Å². The molecule has 9 heteroatoms. The van der Waals surface area contributed by atoms with Gasteiger partial charge in [-0.1, -0.05) is 18.6 Å². The Morgan fingerprint density at radius 1 is 1.26 bits per heavy atom. The van der Waals surface area contributed by atoms with E-state index in [0.29, 0.717) is 29.2 Å². The highest BCUT2D eigenvalue weighted by Crippen LogP contribution is 2.31. The monoisotopic (exact) mass is 419 g/mol. The van der Waals surface area contributed by atoms with Crippen LogP contribution in [-0.4, -0.2) is 16.9 Å². The quantitative estimate of drug-likeness (QED) is 0.772. The Kier molecular flexibility index (Phi) is 7.25. The van der Waals surface area contributed by atoms with E-state index < -0.39 is 11.7 Å². The molecule has 1 aromatic carbocycles. The van der Waals surface area contributed by atoms with Gasteiger partial charge in [0.25, 0.3) is 0 Å². The number of alkyl halides is 3. The van der Waals surface area contributed by atoms with Gasteiger partial charge in [0.1, 0.15) is 5.01 Å². The zero-order valence-electron chi connectivity index (χ0n) is 14.5. The van der Waals surface area contributed by atoms with Gasteiger partial charge in [0, 0.05) is 22.9 Å². The number of thiazole rings is 1. The molecule has 148 valence electrons. The number of hydrogen-bond acceptors (Lipinski definition) is 4.